The van der Waals surface area contributed by atoms with Crippen LogP contribution in [-0.2, 0) is 21.4 Å². The van der Waals surface area contributed by atoms with Crippen LogP contribution in [0, 0.1) is 0 Å². The van der Waals surface area contributed by atoms with E-state index in [-0.39, 0.29) is 19.0 Å². The summed E-state index contributed by atoms with van der Waals surface area (Å²) in [4.78, 5) is 14.2. The molecule has 0 N–H and O–H groups in total. The van der Waals surface area contributed by atoms with Crippen LogP contribution in [0.2, 0.25) is 5.02 Å². The fourth-order valence-corrected chi connectivity index (χ4v) is 3.59. The Hall–Kier alpha value is -1.11. The van der Waals surface area contributed by atoms with Crippen LogP contribution in [-0.4, -0.2) is 49.4 Å². The molecule has 0 bridgehead atoms. The highest BCUT2D eigenvalue weighted by atomic mass is 35.5. The molecule has 1 saturated heterocycles. The number of hydrogen-bond donors (Lipinski definition) is 0. The molecule has 0 saturated carbocycles. The number of benzene rings is 1. The first-order valence-electron chi connectivity index (χ1n) is 7.84. The van der Waals surface area contributed by atoms with E-state index < -0.39 is 10.0 Å². The predicted octanol–water partition coefficient (Wildman–Crippen LogP) is 2.50. The standard InChI is InChI=1S/C16H23ClN2O3S/c1-23(21,22)19(12-14-8-4-5-9-15(14)17)13-16(20)18-10-6-2-3-7-11-18/h4-5,8-9H,2-3,6-7,10-13H2,1H3. The summed E-state index contributed by atoms with van der Waals surface area (Å²) in [7, 11) is -3.50. The average molecular weight is 359 g/mol. The number of likely N-dealkylation sites (tertiary alicyclic amines) is 1. The fourth-order valence-electron chi connectivity index (χ4n) is 2.68. The van der Waals surface area contributed by atoms with Gasteiger partial charge in [0.15, 0.2) is 0 Å². The fraction of sp³-hybridized carbons (Fsp3) is 0.562. The molecule has 1 aliphatic heterocycles. The van der Waals surface area contributed by atoms with Crippen molar-refractivity contribution >= 4 is 27.5 Å². The Morgan fingerprint density at radius 1 is 1.17 bits per heavy atom. The van der Waals surface area contributed by atoms with E-state index in [2.05, 4.69) is 0 Å². The van der Waals surface area contributed by atoms with Crippen LogP contribution in [0.5, 0.6) is 0 Å². The van der Waals surface area contributed by atoms with Crippen LogP contribution in [0.1, 0.15) is 31.2 Å². The topological polar surface area (TPSA) is 57.7 Å². The molecule has 1 aromatic carbocycles. The summed E-state index contributed by atoms with van der Waals surface area (Å²) in [6.07, 6.45) is 5.34. The highest BCUT2D eigenvalue weighted by Gasteiger charge is 2.24. The van der Waals surface area contributed by atoms with Gasteiger partial charge in [-0.25, -0.2) is 8.42 Å². The molecule has 2 rings (SSSR count). The van der Waals surface area contributed by atoms with E-state index in [4.69, 9.17) is 11.6 Å². The zero-order valence-corrected chi connectivity index (χ0v) is 14.9. The van der Waals surface area contributed by atoms with Crippen LogP contribution in [0.4, 0.5) is 0 Å². The van der Waals surface area contributed by atoms with Gasteiger partial charge in [-0.2, -0.15) is 4.31 Å². The van der Waals surface area contributed by atoms with Gasteiger partial charge in [0.25, 0.3) is 0 Å². The van der Waals surface area contributed by atoms with E-state index in [1.54, 1.807) is 29.2 Å². The molecule has 0 unspecified atom stereocenters. The summed E-state index contributed by atoms with van der Waals surface area (Å²) in [5.41, 5.74) is 0.697. The normalized spacial score (nSPS) is 16.4. The Morgan fingerprint density at radius 3 is 2.35 bits per heavy atom. The van der Waals surface area contributed by atoms with Gasteiger partial charge in [-0.05, 0) is 24.5 Å². The molecule has 0 spiro atoms. The first-order chi connectivity index (χ1) is 10.9. The lowest BCUT2D eigenvalue weighted by molar-refractivity contribution is -0.131. The molecule has 128 valence electrons. The molecule has 1 aromatic rings. The second-order valence-electron chi connectivity index (χ2n) is 5.92. The number of nitrogens with zero attached hydrogens (tertiary/aromatic N) is 2. The van der Waals surface area contributed by atoms with Gasteiger partial charge in [-0.15, -0.1) is 0 Å². The average Bonchev–Trinajstić information content (AvgIpc) is 2.76. The van der Waals surface area contributed by atoms with Gasteiger partial charge in [-0.1, -0.05) is 42.6 Å². The molecular formula is C16H23ClN2O3S. The van der Waals surface area contributed by atoms with Gasteiger partial charge in [0.2, 0.25) is 15.9 Å². The number of rotatable bonds is 5. The largest absolute Gasteiger partial charge is 0.342 e. The molecule has 0 radical (unpaired) electrons. The second-order valence-corrected chi connectivity index (χ2v) is 8.31. The first kappa shape index (κ1) is 18.2. The summed E-state index contributed by atoms with van der Waals surface area (Å²) < 4.78 is 25.3. The van der Waals surface area contributed by atoms with Gasteiger partial charge in [0.05, 0.1) is 12.8 Å². The minimum Gasteiger partial charge on any atom is -0.342 e. The molecule has 5 nitrogen and oxygen atoms in total. The van der Waals surface area contributed by atoms with Crippen molar-refractivity contribution in [2.75, 3.05) is 25.9 Å². The molecule has 1 fully saturated rings. The Balaban J connectivity index is 2.10. The van der Waals surface area contributed by atoms with Crippen molar-refractivity contribution in [2.45, 2.75) is 32.2 Å². The third kappa shape index (κ3) is 5.48. The molecular weight excluding hydrogens is 336 g/mol. The van der Waals surface area contributed by atoms with Gasteiger partial charge in [0.1, 0.15) is 0 Å². The lowest BCUT2D eigenvalue weighted by Gasteiger charge is -2.25. The van der Waals surface area contributed by atoms with E-state index in [0.717, 1.165) is 31.9 Å². The summed E-state index contributed by atoms with van der Waals surface area (Å²) in [5, 5.41) is 0.503. The van der Waals surface area contributed by atoms with Gasteiger partial charge in [-0.3, -0.25) is 4.79 Å². The van der Waals surface area contributed by atoms with Crippen LogP contribution in [0.3, 0.4) is 0 Å². The maximum atomic E-state index is 12.5. The quantitative estimate of drug-likeness (QED) is 0.812. The van der Waals surface area contributed by atoms with Crippen molar-refractivity contribution in [3.05, 3.63) is 34.9 Å². The Bertz CT molecular complexity index is 640. The molecule has 0 aromatic heterocycles. The van der Waals surface area contributed by atoms with Gasteiger partial charge in [0, 0.05) is 24.7 Å². The summed E-state index contributed by atoms with van der Waals surface area (Å²) >= 11 is 6.11. The van der Waals surface area contributed by atoms with Crippen LogP contribution >= 0.6 is 11.6 Å². The van der Waals surface area contributed by atoms with E-state index in [9.17, 15) is 13.2 Å². The van der Waals surface area contributed by atoms with Crippen molar-refractivity contribution in [3.63, 3.8) is 0 Å². The second kappa shape index (κ2) is 8.13. The summed E-state index contributed by atoms with van der Waals surface area (Å²) in [5.74, 6) is -0.135. The lowest BCUT2D eigenvalue weighted by atomic mass is 10.2. The van der Waals surface area contributed by atoms with Gasteiger partial charge >= 0.3 is 0 Å². The van der Waals surface area contributed by atoms with Crippen molar-refractivity contribution in [1.29, 1.82) is 0 Å². The highest BCUT2D eigenvalue weighted by Crippen LogP contribution is 2.19. The van der Waals surface area contributed by atoms with Crippen molar-refractivity contribution in [1.82, 2.24) is 9.21 Å². The van der Waals surface area contributed by atoms with Crippen LogP contribution in [0.25, 0.3) is 0 Å². The molecule has 1 amide bonds. The predicted molar refractivity (Wildman–Crippen MR) is 91.8 cm³/mol. The lowest BCUT2D eigenvalue weighted by Crippen LogP contribution is -2.42. The van der Waals surface area contributed by atoms with Crippen molar-refractivity contribution < 1.29 is 13.2 Å². The molecule has 7 heteroatoms. The van der Waals surface area contributed by atoms with E-state index in [0.29, 0.717) is 23.7 Å². The molecule has 1 aliphatic rings. The summed E-state index contributed by atoms with van der Waals surface area (Å²) in [6, 6.07) is 7.09. The minimum atomic E-state index is -3.50. The SMILES string of the molecule is CS(=O)(=O)N(CC(=O)N1CCCCCC1)Cc1ccccc1Cl. The summed E-state index contributed by atoms with van der Waals surface area (Å²) in [6.45, 7) is 1.40. The first-order valence-corrected chi connectivity index (χ1v) is 10.1. The number of carbonyl (C=O) groups excluding carboxylic acids is 1. The zero-order valence-electron chi connectivity index (χ0n) is 13.4. The maximum Gasteiger partial charge on any atom is 0.237 e. The van der Waals surface area contributed by atoms with Crippen LogP contribution < -0.4 is 0 Å². The van der Waals surface area contributed by atoms with Gasteiger partial charge < -0.3 is 4.90 Å². The monoisotopic (exact) mass is 358 g/mol. The number of halogens is 1. The molecule has 23 heavy (non-hydrogen) atoms. The highest BCUT2D eigenvalue weighted by molar-refractivity contribution is 7.88. The number of amides is 1. The van der Waals surface area contributed by atoms with E-state index >= 15 is 0 Å². The smallest absolute Gasteiger partial charge is 0.237 e. The maximum absolute atomic E-state index is 12.5. The third-order valence-corrected chi connectivity index (χ3v) is 5.61. The van der Waals surface area contributed by atoms with Crippen LogP contribution in [0.15, 0.2) is 24.3 Å². The Kier molecular flexibility index (Phi) is 6.44. The van der Waals surface area contributed by atoms with E-state index in [1.807, 2.05) is 0 Å². The Morgan fingerprint density at radius 2 is 1.78 bits per heavy atom. The molecule has 0 atom stereocenters. The number of sulfonamides is 1. The number of carbonyl (C=O) groups is 1. The zero-order chi connectivity index (χ0) is 16.9. The van der Waals surface area contributed by atoms with Crippen molar-refractivity contribution in [2.24, 2.45) is 0 Å². The molecule has 0 aliphatic carbocycles. The number of hydrogen-bond acceptors (Lipinski definition) is 3. The third-order valence-electron chi connectivity index (χ3n) is 4.04. The van der Waals surface area contributed by atoms with Crippen molar-refractivity contribution in [3.8, 4) is 0 Å². The Labute approximate surface area is 143 Å². The molecule has 1 heterocycles. The van der Waals surface area contributed by atoms with E-state index in [1.165, 1.54) is 4.31 Å². The minimum absolute atomic E-state index is 0.109.